The maximum Gasteiger partial charge on any atom is 2.00 e. The molecule has 29 heteroatoms. The number of hydrogen-bond donors (Lipinski definition) is 0. The van der Waals surface area contributed by atoms with Crippen molar-refractivity contribution in [2.75, 3.05) is 0 Å². The molecule has 0 saturated carbocycles. The van der Waals surface area contributed by atoms with Crippen LogP contribution in [0.2, 0.25) is 0 Å². The van der Waals surface area contributed by atoms with Crippen molar-refractivity contribution in [1.29, 1.82) is 0 Å². The number of allylic oxidation sites excluding steroid dienone is 6. The van der Waals surface area contributed by atoms with E-state index in [1.807, 2.05) is 0 Å². The second-order valence-electron chi connectivity index (χ2n) is 12.5. The van der Waals surface area contributed by atoms with Crippen molar-refractivity contribution < 1.29 is 187 Å². The van der Waals surface area contributed by atoms with Gasteiger partial charge in [-0.1, -0.05) is 24.3 Å². The molecule has 0 N–H and O–H groups in total. The summed E-state index contributed by atoms with van der Waals surface area (Å²) in [5.74, 6) is -2.53. The Morgan fingerprint density at radius 1 is 0.525 bits per heavy atom. The number of hydrogen-bond acceptors (Lipinski definition) is 18. The van der Waals surface area contributed by atoms with E-state index < -0.39 is 71.9 Å². The molecule has 2 aromatic carbocycles. The number of rotatable bonds is 4. The topological polar surface area (TPSA) is 334 Å². The van der Waals surface area contributed by atoms with Gasteiger partial charge in [0.1, 0.15) is 46.3 Å². The molecule has 4 aromatic rings. The van der Waals surface area contributed by atoms with Gasteiger partial charge in [-0.15, -0.1) is 0 Å². The quantitative estimate of drug-likeness (QED) is 0.119. The van der Waals surface area contributed by atoms with Crippen molar-refractivity contribution in [3.63, 3.8) is 0 Å². The first-order chi connectivity index (χ1) is 26.2. The van der Waals surface area contributed by atoms with Crippen molar-refractivity contribution in [3.8, 4) is 22.8 Å². The molecule has 20 nitrogen and oxygen atoms in total. The van der Waals surface area contributed by atoms with Gasteiger partial charge in [0.25, 0.3) is 0 Å². The van der Waals surface area contributed by atoms with Crippen molar-refractivity contribution in [2.45, 2.75) is 21.6 Å². The predicted octanol–water partition coefficient (Wildman–Crippen LogP) is -12.9. The molecule has 2 unspecified atom stereocenters. The molecule has 61 heavy (non-hydrogen) atoms. The zero-order chi connectivity index (χ0) is 39.7. The molecule has 2 atom stereocenters. The first-order valence-corrected chi connectivity index (χ1v) is 21.2. The van der Waals surface area contributed by atoms with Gasteiger partial charge in [0, 0.05) is 39.6 Å². The molecule has 9 rings (SSSR count). The maximum absolute atomic E-state index is 12.1. The van der Waals surface area contributed by atoms with E-state index in [4.69, 9.17) is 0 Å². The van der Waals surface area contributed by atoms with Gasteiger partial charge in [-0.25, -0.2) is 48.6 Å². The van der Waals surface area contributed by atoms with Gasteiger partial charge in [-0.2, -0.15) is 0 Å². The van der Waals surface area contributed by atoms with Crippen molar-refractivity contribution in [2.24, 2.45) is 0 Å². The van der Waals surface area contributed by atoms with Crippen LogP contribution < -0.4 is 139 Å². The van der Waals surface area contributed by atoms with Crippen LogP contribution in [0.15, 0.2) is 92.5 Å². The largest absolute Gasteiger partial charge is 2.00 e. The number of fused-ring (bicyclic) bond motifs is 18. The summed E-state index contributed by atoms with van der Waals surface area (Å²) >= 11 is 0. The van der Waals surface area contributed by atoms with Crippen LogP contribution in [0, 0.1) is 0 Å². The average Bonchev–Trinajstić information content (AvgIpc) is 3.84. The van der Waals surface area contributed by atoms with Crippen molar-refractivity contribution in [1.82, 2.24) is 39.9 Å². The summed E-state index contributed by atoms with van der Waals surface area (Å²) in [5.41, 5.74) is -0.571. The van der Waals surface area contributed by atoms with Crippen molar-refractivity contribution in [3.05, 3.63) is 105 Å². The van der Waals surface area contributed by atoms with Crippen LogP contribution in [0.1, 0.15) is 23.5 Å². The fourth-order valence-corrected chi connectivity index (χ4v) is 8.54. The third-order valence-corrected chi connectivity index (χ3v) is 12.4. The van der Waals surface area contributed by atoms with E-state index in [1.165, 1.54) is 24.3 Å². The van der Waals surface area contributed by atoms with Crippen LogP contribution in [0.3, 0.4) is 0 Å². The summed E-state index contributed by atoms with van der Waals surface area (Å²) in [6.45, 7) is 0. The Morgan fingerprint density at radius 2 is 1.08 bits per heavy atom. The molecule has 0 saturated heterocycles. The summed E-state index contributed by atoms with van der Waals surface area (Å²) < 4.78 is 145. The average molecular weight is 986 g/mol. The van der Waals surface area contributed by atoms with Gasteiger partial charge in [0.15, 0.2) is 5.82 Å². The monoisotopic (exact) mass is 985 g/mol. The minimum absolute atomic E-state index is 0. The minimum atomic E-state index is -5.01. The first-order valence-electron chi connectivity index (χ1n) is 15.6. The van der Waals surface area contributed by atoms with Crippen LogP contribution >= 0.6 is 0 Å². The normalized spacial score (nSPS) is 17.0. The Kier molecular flexibility index (Phi) is 15.9. The third kappa shape index (κ3) is 9.79. The Balaban J connectivity index is 0.00000164. The Hall–Kier alpha value is -1.34. The molecular formula is C32H14CuN8Na4O12S4. The van der Waals surface area contributed by atoms with E-state index in [1.54, 1.807) is 0 Å². The molecule has 2 aliphatic carbocycles. The van der Waals surface area contributed by atoms with Crippen LogP contribution in [0.4, 0.5) is 0 Å². The van der Waals surface area contributed by atoms with E-state index in [-0.39, 0.29) is 214 Å². The van der Waals surface area contributed by atoms with Crippen molar-refractivity contribution >= 4 is 73.7 Å². The predicted molar refractivity (Wildman–Crippen MR) is 185 cm³/mol. The molecule has 1 radical (unpaired) electrons. The Bertz CT molecular complexity index is 3530. The van der Waals surface area contributed by atoms with Crippen LogP contribution in [-0.2, 0) is 57.5 Å². The maximum atomic E-state index is 12.1. The zero-order valence-electron chi connectivity index (χ0n) is 31.5. The van der Waals surface area contributed by atoms with E-state index in [0.29, 0.717) is 0 Å². The molecule has 3 aliphatic heterocycles. The van der Waals surface area contributed by atoms with E-state index in [0.717, 1.165) is 48.6 Å². The van der Waals surface area contributed by atoms with Crippen LogP contribution in [0.25, 0.3) is 56.0 Å². The van der Waals surface area contributed by atoms with Gasteiger partial charge >= 0.3 is 135 Å². The van der Waals surface area contributed by atoms with E-state index >= 15 is 0 Å². The summed E-state index contributed by atoms with van der Waals surface area (Å²) in [5, 5.41) is 0.108. The molecular weight excluding hydrogens is 972 g/mol. The molecule has 8 bridgehead atoms. The fourth-order valence-electron chi connectivity index (χ4n) is 6.51. The first kappa shape index (κ1) is 52.3. The standard InChI is InChI=1S/C32H18N8O12S4.Cu.4Na/c41-53(42,43)13-1-5-17-21(9-13)29-33-25(17)37-30-22-10-14(54(44,45)46)2-6-18(22)27(34-30)39-32-24-12-16(56(50,51)52)4-8-20(24)28(36-32)40-31-23-11-15(55(47,48)49)3-7-19(23)26(35-31)38-29;;;;;/h1-12,17-18H,(H4-2,33,34,35,36,37,38,39,40,41,42,43,44,45,46,47,48,49,50,51,52);;;;;/q-2;+2;4*+1/p-4. The summed E-state index contributed by atoms with van der Waals surface area (Å²) in [4.78, 5) is 33.5. The molecule has 293 valence electrons. The van der Waals surface area contributed by atoms with Gasteiger partial charge < -0.3 is 43.1 Å². The number of benzene rings is 2. The molecule has 2 aromatic heterocycles. The molecule has 5 aliphatic rings. The fraction of sp³-hybridized carbons (Fsp3) is 0.0625. The van der Waals surface area contributed by atoms with Gasteiger partial charge in [0.05, 0.1) is 36.8 Å². The Morgan fingerprint density at radius 3 is 1.70 bits per heavy atom. The molecule has 5 heterocycles. The second-order valence-corrected chi connectivity index (χ2v) is 18.0. The SMILES string of the molecule is O=S(=O)([O-])C1=CC2=c3nc(nc4nc(nc5[n-]c(nc6[n-]c(n3)C3C=CC(S(=O)(=O)[O-])=CC=63)c3ccc(S(=O)(=O)[O-])cc53)-c3ccc(S(=O)(=O)[O-])cc3-4)C2C=C1.[Cu+2].[Na+].[Na+].[Na+].[Na+]. The summed E-state index contributed by atoms with van der Waals surface area (Å²) in [6.07, 6.45) is 6.76. The van der Waals surface area contributed by atoms with E-state index in [9.17, 15) is 51.9 Å². The number of aromatic nitrogens is 8. The second kappa shape index (κ2) is 18.5. The number of nitrogens with zero attached hydrogens (tertiary/aromatic N) is 8. The molecule has 0 spiro atoms. The third-order valence-electron chi connectivity index (χ3n) is 9.07. The molecule has 0 amide bonds. The van der Waals surface area contributed by atoms with Crippen LogP contribution in [0.5, 0.6) is 0 Å². The zero-order valence-corrected chi connectivity index (χ0v) is 43.7. The van der Waals surface area contributed by atoms with E-state index in [2.05, 4.69) is 39.9 Å². The summed E-state index contributed by atoms with van der Waals surface area (Å²) in [6, 6.07) is 6.46. The smallest absolute Gasteiger partial charge is 0.744 e. The molecule has 0 fully saturated rings. The van der Waals surface area contributed by atoms with Gasteiger partial charge in [-0.3, -0.25) is 0 Å². The Labute approximate surface area is 444 Å². The summed E-state index contributed by atoms with van der Waals surface area (Å²) in [7, 11) is -20.0. The van der Waals surface area contributed by atoms with Crippen LogP contribution in [-0.4, -0.2) is 81.8 Å². The minimum Gasteiger partial charge on any atom is -0.744 e. The van der Waals surface area contributed by atoms with Gasteiger partial charge in [0.2, 0.25) is 0 Å². The van der Waals surface area contributed by atoms with Gasteiger partial charge in [-0.05, 0) is 70.5 Å².